The van der Waals surface area contributed by atoms with E-state index in [1.54, 1.807) is 40.0 Å². The molecule has 1 fully saturated rings. The van der Waals surface area contributed by atoms with Crippen LogP contribution in [0.25, 0.3) is 11.1 Å². The predicted molar refractivity (Wildman–Crippen MR) is 150 cm³/mol. The largest absolute Gasteiger partial charge is 0.401 e. The lowest BCUT2D eigenvalue weighted by molar-refractivity contribution is -0.148. The zero-order chi connectivity index (χ0) is 30.2. The van der Waals surface area contributed by atoms with Gasteiger partial charge < -0.3 is 15.1 Å². The summed E-state index contributed by atoms with van der Waals surface area (Å²) in [6.07, 6.45) is -0.783. The first-order valence-electron chi connectivity index (χ1n) is 14.2. The Hall–Kier alpha value is -3.48. The smallest absolute Gasteiger partial charge is 0.385 e. The van der Waals surface area contributed by atoms with Crippen LogP contribution >= 0.6 is 0 Å². The molecule has 1 aromatic heterocycles. The van der Waals surface area contributed by atoms with Crippen molar-refractivity contribution in [3.05, 3.63) is 46.9 Å². The van der Waals surface area contributed by atoms with Gasteiger partial charge in [0.05, 0.1) is 19.3 Å². The quantitative estimate of drug-likeness (QED) is 0.284. The van der Waals surface area contributed by atoms with Gasteiger partial charge in [-0.15, -0.1) is 0 Å². The molecule has 0 bridgehead atoms. The fourth-order valence-electron chi connectivity index (χ4n) is 6.18. The van der Waals surface area contributed by atoms with Crippen molar-refractivity contribution in [3.63, 3.8) is 0 Å². The van der Waals surface area contributed by atoms with Crippen LogP contribution in [0.1, 0.15) is 50.2 Å². The number of hydrogen-bond donors (Lipinski definition) is 2. The number of amidine groups is 1. The number of likely N-dealkylation sites (tertiary alicyclic amines) is 1. The Bertz CT molecular complexity index is 1360. The van der Waals surface area contributed by atoms with Gasteiger partial charge in [-0.25, -0.2) is 8.78 Å². The van der Waals surface area contributed by atoms with E-state index in [-0.39, 0.29) is 29.9 Å². The van der Waals surface area contributed by atoms with Crippen molar-refractivity contribution in [2.45, 2.75) is 57.7 Å². The third kappa shape index (κ3) is 6.61. The summed E-state index contributed by atoms with van der Waals surface area (Å²) in [6, 6.07) is 3.20. The lowest BCUT2D eigenvalue weighted by atomic mass is 9.92. The Kier molecular flexibility index (Phi) is 8.58. The van der Waals surface area contributed by atoms with Crippen LogP contribution in [0.5, 0.6) is 0 Å². The van der Waals surface area contributed by atoms with E-state index in [4.69, 9.17) is 0 Å². The first-order valence-corrected chi connectivity index (χ1v) is 14.2. The van der Waals surface area contributed by atoms with Gasteiger partial charge in [0.1, 0.15) is 5.84 Å². The standard InChI is InChI=1S/C29H36F5N7O/c1-18(42)40-11-7-25(37-21-5-9-39(10-6-21)17-29(32,33)34)24(16-40)28(35)41-8-3-4-19-12-22(20-14-36-38(2)15-20)23(27(30)31)13-26(19)41/h12-15,21,27,35,37H,3-11,16-17H2,1-2H3. The molecule has 0 saturated carbocycles. The second-order valence-corrected chi connectivity index (χ2v) is 11.3. The number of nitrogens with zero attached hydrogens (tertiary/aromatic N) is 5. The zero-order valence-electron chi connectivity index (χ0n) is 23.8. The summed E-state index contributed by atoms with van der Waals surface area (Å²) in [5, 5.41) is 16.9. The highest BCUT2D eigenvalue weighted by Gasteiger charge is 2.34. The zero-order valence-corrected chi connectivity index (χ0v) is 23.8. The van der Waals surface area contributed by atoms with Crippen molar-refractivity contribution >= 4 is 17.4 Å². The third-order valence-corrected chi connectivity index (χ3v) is 8.34. The summed E-state index contributed by atoms with van der Waals surface area (Å²) >= 11 is 0. The van der Waals surface area contributed by atoms with E-state index in [0.29, 0.717) is 74.2 Å². The molecule has 1 amide bonds. The van der Waals surface area contributed by atoms with Gasteiger partial charge in [-0.2, -0.15) is 18.3 Å². The van der Waals surface area contributed by atoms with Crippen LogP contribution < -0.4 is 10.2 Å². The maximum absolute atomic E-state index is 14.3. The number of anilines is 1. The number of halogens is 5. The highest BCUT2D eigenvalue weighted by Crippen LogP contribution is 2.39. The number of amides is 1. The summed E-state index contributed by atoms with van der Waals surface area (Å²) in [5.41, 5.74) is 3.71. The molecule has 2 N–H and O–H groups in total. The first kappa shape index (κ1) is 30.0. The number of piperidine rings is 1. The number of aromatic nitrogens is 2. The average Bonchev–Trinajstić information content (AvgIpc) is 3.38. The molecule has 0 atom stereocenters. The van der Waals surface area contributed by atoms with Crippen LogP contribution in [0.4, 0.5) is 27.6 Å². The van der Waals surface area contributed by atoms with E-state index in [9.17, 15) is 32.2 Å². The van der Waals surface area contributed by atoms with E-state index in [1.165, 1.54) is 17.9 Å². The molecule has 0 aliphatic carbocycles. The van der Waals surface area contributed by atoms with Gasteiger partial charge >= 0.3 is 6.18 Å². The highest BCUT2D eigenvalue weighted by atomic mass is 19.4. The number of carbonyl (C=O) groups is 1. The van der Waals surface area contributed by atoms with E-state index in [2.05, 4.69) is 10.4 Å². The van der Waals surface area contributed by atoms with Crippen molar-refractivity contribution in [3.8, 4) is 11.1 Å². The minimum Gasteiger partial charge on any atom is -0.385 e. The van der Waals surface area contributed by atoms with Gasteiger partial charge in [-0.05, 0) is 48.9 Å². The summed E-state index contributed by atoms with van der Waals surface area (Å²) in [7, 11) is 1.73. The van der Waals surface area contributed by atoms with Crippen LogP contribution in [0.15, 0.2) is 35.8 Å². The number of alkyl halides is 5. The van der Waals surface area contributed by atoms with Crippen molar-refractivity contribution in [1.82, 2.24) is 24.9 Å². The van der Waals surface area contributed by atoms with Crippen molar-refractivity contribution in [2.24, 2.45) is 7.05 Å². The van der Waals surface area contributed by atoms with Crippen LogP contribution in [-0.2, 0) is 18.3 Å². The SMILES string of the molecule is CC(=O)N1CCC(NC2CCN(CC(F)(F)F)CC2)=C(C(=N)N2CCCc3cc(-c4cnn(C)c4)c(C(F)F)cc32)C1. The van der Waals surface area contributed by atoms with Crippen molar-refractivity contribution in [2.75, 3.05) is 44.2 Å². The van der Waals surface area contributed by atoms with E-state index >= 15 is 0 Å². The summed E-state index contributed by atoms with van der Waals surface area (Å²) < 4.78 is 68.7. The van der Waals surface area contributed by atoms with E-state index < -0.39 is 19.1 Å². The number of nitrogens with one attached hydrogen (secondary N) is 2. The Morgan fingerprint density at radius 2 is 1.88 bits per heavy atom. The second kappa shape index (κ2) is 12.0. The van der Waals surface area contributed by atoms with Gasteiger partial charge in [0, 0.05) is 86.9 Å². The molecule has 0 radical (unpaired) electrons. The molecule has 0 unspecified atom stereocenters. The Balaban J connectivity index is 1.43. The number of carbonyl (C=O) groups excluding carboxylic acids is 1. The molecule has 2 aromatic rings. The molecular weight excluding hydrogens is 557 g/mol. The van der Waals surface area contributed by atoms with Gasteiger partial charge in [-0.1, -0.05) is 0 Å². The minimum absolute atomic E-state index is 0.0581. The molecule has 5 rings (SSSR count). The maximum Gasteiger partial charge on any atom is 0.401 e. The topological polar surface area (TPSA) is 80.5 Å². The lowest BCUT2D eigenvalue weighted by Gasteiger charge is -2.39. The Morgan fingerprint density at radius 3 is 2.50 bits per heavy atom. The van der Waals surface area contributed by atoms with Crippen LogP contribution in [0.2, 0.25) is 0 Å². The molecule has 13 heteroatoms. The van der Waals surface area contributed by atoms with Crippen molar-refractivity contribution in [1.29, 1.82) is 5.41 Å². The molecule has 0 spiro atoms. The number of benzene rings is 1. The maximum atomic E-state index is 14.3. The van der Waals surface area contributed by atoms with Crippen LogP contribution in [0.3, 0.4) is 0 Å². The van der Waals surface area contributed by atoms with Gasteiger partial charge in [0.25, 0.3) is 6.43 Å². The number of fused-ring (bicyclic) bond motifs is 1. The normalized spacial score (nSPS) is 19.0. The molecule has 8 nitrogen and oxygen atoms in total. The highest BCUT2D eigenvalue weighted by molar-refractivity contribution is 6.09. The van der Waals surface area contributed by atoms with Gasteiger partial charge in [0.2, 0.25) is 5.91 Å². The molecule has 42 heavy (non-hydrogen) atoms. The predicted octanol–water partition coefficient (Wildman–Crippen LogP) is 4.88. The second-order valence-electron chi connectivity index (χ2n) is 11.3. The Morgan fingerprint density at radius 1 is 1.14 bits per heavy atom. The molecule has 3 aliphatic heterocycles. The fraction of sp³-hybridized carbons (Fsp3) is 0.552. The van der Waals surface area contributed by atoms with Crippen LogP contribution in [-0.4, -0.2) is 82.8 Å². The molecule has 3 aliphatic rings. The average molecular weight is 594 g/mol. The monoisotopic (exact) mass is 593 g/mol. The first-order chi connectivity index (χ1) is 19.9. The fourth-order valence-corrected chi connectivity index (χ4v) is 6.18. The molecule has 4 heterocycles. The Labute approximate surface area is 241 Å². The number of aryl methyl sites for hydroxylation is 2. The molecule has 1 saturated heterocycles. The van der Waals surface area contributed by atoms with Crippen molar-refractivity contribution < 1.29 is 26.7 Å². The molecule has 228 valence electrons. The van der Waals surface area contributed by atoms with E-state index in [0.717, 1.165) is 17.7 Å². The van der Waals surface area contributed by atoms with Gasteiger partial charge in [0.15, 0.2) is 0 Å². The number of hydrogen-bond acceptors (Lipinski definition) is 5. The van der Waals surface area contributed by atoms with E-state index in [1.807, 2.05) is 0 Å². The molecule has 1 aromatic carbocycles. The summed E-state index contributed by atoms with van der Waals surface area (Å²) in [5.74, 6) is 0.0215. The molecular formula is C29H36F5N7O. The van der Waals surface area contributed by atoms with Gasteiger partial charge in [-0.3, -0.25) is 19.8 Å². The lowest BCUT2D eigenvalue weighted by Crippen LogP contribution is -2.48. The number of rotatable bonds is 6. The minimum atomic E-state index is -4.24. The summed E-state index contributed by atoms with van der Waals surface area (Å²) in [6.45, 7) is 2.29. The third-order valence-electron chi connectivity index (χ3n) is 8.34. The summed E-state index contributed by atoms with van der Waals surface area (Å²) in [4.78, 5) is 17.1. The van der Waals surface area contributed by atoms with Crippen LogP contribution in [0, 0.1) is 5.41 Å².